The summed E-state index contributed by atoms with van der Waals surface area (Å²) >= 11 is 13.3. The van der Waals surface area contributed by atoms with E-state index in [1.807, 2.05) is 0 Å². The van der Waals surface area contributed by atoms with E-state index < -0.39 is 0 Å². The van der Waals surface area contributed by atoms with Crippen LogP contribution in [0.25, 0.3) is 11.0 Å². The number of thioether (sulfide) groups is 1. The minimum atomic E-state index is 0.222. The number of nitrogens with zero attached hydrogens (tertiary/aromatic N) is 3. The van der Waals surface area contributed by atoms with Gasteiger partial charge in [0.15, 0.2) is 0 Å². The molecule has 0 radical (unpaired) electrons. The molecule has 0 atom stereocenters. The fourth-order valence-corrected chi connectivity index (χ4v) is 3.72. The Hall–Kier alpha value is -0.950. The minimum Gasteiger partial charge on any atom is -0.805 e. The van der Waals surface area contributed by atoms with Gasteiger partial charge in [0.25, 0.3) is 5.52 Å². The third kappa shape index (κ3) is 3.76. The molecule has 1 heterocycles. The first-order valence-electron chi connectivity index (χ1n) is 7.40. The summed E-state index contributed by atoms with van der Waals surface area (Å²) in [6.45, 7) is 8.61. The zero-order valence-electron chi connectivity index (χ0n) is 13.3. The van der Waals surface area contributed by atoms with Gasteiger partial charge in [-0.2, -0.15) is 0 Å². The second-order valence-corrected chi connectivity index (χ2v) is 7.01. The summed E-state index contributed by atoms with van der Waals surface area (Å²) in [6, 6.07) is 2.87. The predicted molar refractivity (Wildman–Crippen MR) is 97.3 cm³/mol. The van der Waals surface area contributed by atoms with E-state index in [2.05, 4.69) is 18.7 Å². The van der Waals surface area contributed by atoms with E-state index in [4.69, 9.17) is 23.2 Å². The van der Waals surface area contributed by atoms with Crippen LogP contribution in [0.4, 0.5) is 0 Å². The average molecular weight is 376 g/mol. The highest BCUT2D eigenvalue weighted by molar-refractivity contribution is 7.99. The van der Waals surface area contributed by atoms with Gasteiger partial charge in [0.05, 0.1) is 20.2 Å². The Morgan fingerprint density at radius 1 is 1.26 bits per heavy atom. The molecule has 0 aliphatic carbocycles. The van der Waals surface area contributed by atoms with E-state index >= 15 is 0 Å². The molecule has 1 aromatic heterocycles. The molecule has 0 unspecified atom stereocenters. The van der Waals surface area contributed by atoms with Crippen molar-refractivity contribution in [1.82, 2.24) is 9.63 Å². The molecule has 0 saturated carbocycles. The van der Waals surface area contributed by atoms with Crippen molar-refractivity contribution in [2.45, 2.75) is 25.8 Å². The summed E-state index contributed by atoms with van der Waals surface area (Å²) in [5.74, 6) is 0.734. The van der Waals surface area contributed by atoms with Gasteiger partial charge in [-0.3, -0.25) is 0 Å². The molecule has 0 amide bonds. The monoisotopic (exact) mass is 375 g/mol. The summed E-state index contributed by atoms with van der Waals surface area (Å²) in [6.07, 6.45) is 0. The van der Waals surface area contributed by atoms with E-state index in [0.717, 1.165) is 34.5 Å². The molecule has 0 fully saturated rings. The normalized spacial score (nSPS) is 11.6. The fraction of sp³-hybridized carbons (Fsp3) is 0.467. The third-order valence-corrected chi connectivity index (χ3v) is 5.64. The highest BCUT2D eigenvalue weighted by atomic mass is 35.5. The molecule has 0 aliphatic rings. The fourth-order valence-electron chi connectivity index (χ4n) is 2.35. The zero-order valence-corrected chi connectivity index (χ0v) is 15.6. The smallest absolute Gasteiger partial charge is 0.316 e. The molecule has 0 bridgehead atoms. The minimum absolute atomic E-state index is 0.222. The summed E-state index contributed by atoms with van der Waals surface area (Å²) in [5, 5.41) is 13.3. The third-order valence-electron chi connectivity index (χ3n) is 3.79. The molecule has 8 heteroatoms. The van der Waals surface area contributed by atoms with Crippen LogP contribution < -0.4 is 4.43 Å². The number of halogens is 2. The Morgan fingerprint density at radius 2 is 1.87 bits per heavy atom. The van der Waals surface area contributed by atoms with Crippen LogP contribution in [0.3, 0.4) is 0 Å². The van der Waals surface area contributed by atoms with Crippen molar-refractivity contribution in [3.05, 3.63) is 38.0 Å². The average Bonchev–Trinajstić information content (AvgIpc) is 2.54. The van der Waals surface area contributed by atoms with Crippen LogP contribution in [0.5, 0.6) is 0 Å². The number of aromatic nitrogens is 2. The second-order valence-electron chi connectivity index (χ2n) is 5.11. The van der Waals surface area contributed by atoms with Crippen LogP contribution in [0.2, 0.25) is 10.0 Å². The van der Waals surface area contributed by atoms with Crippen molar-refractivity contribution in [1.29, 1.82) is 0 Å². The van der Waals surface area contributed by atoms with Crippen LogP contribution in [0.15, 0.2) is 17.2 Å². The molecule has 0 spiro atoms. The lowest BCUT2D eigenvalue weighted by molar-refractivity contribution is -0.510. The van der Waals surface area contributed by atoms with E-state index in [9.17, 15) is 10.1 Å². The topological polar surface area (TPSA) is 54.2 Å². The van der Waals surface area contributed by atoms with Gasteiger partial charge in [-0.05, 0) is 37.8 Å². The maximum atomic E-state index is 12.6. The van der Waals surface area contributed by atoms with Crippen LogP contribution in [-0.2, 0) is 0 Å². The molecular weight excluding hydrogens is 357 g/mol. The Balaban J connectivity index is 2.41. The molecule has 0 aliphatic heterocycles. The van der Waals surface area contributed by atoms with Gasteiger partial charge in [0.1, 0.15) is 5.52 Å². The summed E-state index contributed by atoms with van der Waals surface area (Å²) < 4.78 is 1.51. The quantitative estimate of drug-likeness (QED) is 0.566. The number of fused-ring (bicyclic) bond motifs is 1. The van der Waals surface area contributed by atoms with Gasteiger partial charge in [-0.1, -0.05) is 37.0 Å². The number of hydrogen-bond donors (Lipinski definition) is 0. The lowest BCUT2D eigenvalue weighted by atomic mass is 10.3. The molecule has 0 N–H and O–H groups in total. The highest BCUT2D eigenvalue weighted by Gasteiger charge is 2.22. The van der Waals surface area contributed by atoms with Gasteiger partial charge in [-0.25, -0.2) is 0 Å². The second kappa shape index (κ2) is 7.75. The first-order valence-corrected chi connectivity index (χ1v) is 9.14. The van der Waals surface area contributed by atoms with E-state index in [0.29, 0.717) is 10.7 Å². The van der Waals surface area contributed by atoms with Gasteiger partial charge >= 0.3 is 5.03 Å². The molecule has 126 valence electrons. The molecule has 1 aromatic carbocycles. The van der Waals surface area contributed by atoms with Gasteiger partial charge < -0.3 is 14.8 Å². The van der Waals surface area contributed by atoms with Crippen molar-refractivity contribution < 1.29 is 4.43 Å². The largest absolute Gasteiger partial charge is 0.805 e. The van der Waals surface area contributed by atoms with Crippen molar-refractivity contribution in [3.63, 3.8) is 0 Å². The summed E-state index contributed by atoms with van der Waals surface area (Å²) in [7, 11) is 0. The highest BCUT2D eigenvalue weighted by Crippen LogP contribution is 2.28. The van der Waals surface area contributed by atoms with E-state index in [1.165, 1.54) is 23.9 Å². The first-order chi connectivity index (χ1) is 10.9. The maximum absolute atomic E-state index is 12.6. The Labute approximate surface area is 149 Å². The molecule has 23 heavy (non-hydrogen) atoms. The molecular formula is C15H19Cl2N3O2S. The van der Waals surface area contributed by atoms with E-state index in [-0.39, 0.29) is 21.1 Å². The first kappa shape index (κ1) is 18.4. The SMILES string of the molecule is CCN(CC)CCSc1c(C)n([O-])c2cc(Cl)c(Cl)cc2[n+]1=O. The van der Waals surface area contributed by atoms with Crippen LogP contribution in [0, 0.1) is 17.0 Å². The van der Waals surface area contributed by atoms with Gasteiger partial charge in [-0.15, -0.1) is 0 Å². The predicted octanol–water partition coefficient (Wildman–Crippen LogP) is 3.95. The molecule has 2 rings (SSSR count). The van der Waals surface area contributed by atoms with E-state index in [1.54, 1.807) is 6.92 Å². The van der Waals surface area contributed by atoms with Crippen molar-refractivity contribution in [3.8, 4) is 0 Å². The lowest BCUT2D eigenvalue weighted by Crippen LogP contribution is -2.27. The van der Waals surface area contributed by atoms with Crippen molar-refractivity contribution in [2.24, 2.45) is 0 Å². The van der Waals surface area contributed by atoms with Crippen LogP contribution in [-0.4, -0.2) is 35.0 Å². The summed E-state index contributed by atoms with van der Waals surface area (Å²) in [5.41, 5.74) is 0.820. The van der Waals surface area contributed by atoms with Gasteiger partial charge in [0, 0.05) is 23.3 Å². The standard InChI is InChI=1S/C15H19Cl2N3O2S/c1-4-18(5-2)6-7-23-15-10(3)19(21)13-8-11(16)12(17)9-14(13)20(15)22/h8-9H,4-7H2,1-3H3. The number of benzene rings is 1. The van der Waals surface area contributed by atoms with Crippen molar-refractivity contribution >= 4 is 46.0 Å². The van der Waals surface area contributed by atoms with Crippen molar-refractivity contribution in [2.75, 3.05) is 25.4 Å². The number of rotatable bonds is 6. The Kier molecular flexibility index (Phi) is 6.19. The maximum Gasteiger partial charge on any atom is 0.316 e. The molecule has 0 saturated heterocycles. The molecule has 5 nitrogen and oxygen atoms in total. The van der Waals surface area contributed by atoms with Gasteiger partial charge in [0.2, 0.25) is 0 Å². The summed E-state index contributed by atoms with van der Waals surface area (Å²) in [4.78, 5) is 14.9. The Bertz CT molecular complexity index is 776. The molecule has 2 aromatic rings. The number of hydrogen-bond acceptors (Lipinski definition) is 4. The van der Waals surface area contributed by atoms with Crippen LogP contribution in [0.1, 0.15) is 19.5 Å². The lowest BCUT2D eigenvalue weighted by Gasteiger charge is -2.18. The zero-order chi connectivity index (χ0) is 17.1. The Morgan fingerprint density at radius 3 is 2.48 bits per heavy atom. The van der Waals surface area contributed by atoms with Crippen LogP contribution >= 0.6 is 35.0 Å².